The third kappa shape index (κ3) is 4.00. The van der Waals surface area contributed by atoms with E-state index in [0.29, 0.717) is 26.1 Å². The number of nitrogens with zero attached hydrogens (tertiary/aromatic N) is 1. The fourth-order valence-electron chi connectivity index (χ4n) is 1.86. The van der Waals surface area contributed by atoms with Crippen molar-refractivity contribution in [1.82, 2.24) is 4.90 Å². The first kappa shape index (κ1) is 14.0. The largest absolute Gasteiger partial charge is 0.481 e. The molecule has 0 radical (unpaired) electrons. The summed E-state index contributed by atoms with van der Waals surface area (Å²) in [6, 6.07) is 0. The average molecular weight is 243 g/mol. The van der Waals surface area contributed by atoms with Gasteiger partial charge >= 0.3 is 5.97 Å². The zero-order valence-corrected chi connectivity index (χ0v) is 10.5. The van der Waals surface area contributed by atoms with Gasteiger partial charge in [0.25, 0.3) is 0 Å². The molecule has 0 heterocycles. The maximum Gasteiger partial charge on any atom is 0.307 e. The number of carbonyl (C=O) groups is 2. The first-order chi connectivity index (χ1) is 8.11. The lowest BCUT2D eigenvalue weighted by atomic mass is 10.2. The molecule has 5 nitrogen and oxygen atoms in total. The number of ether oxygens (including phenoxy) is 1. The van der Waals surface area contributed by atoms with Crippen molar-refractivity contribution in [3.05, 3.63) is 0 Å². The van der Waals surface area contributed by atoms with Crippen LogP contribution in [0.4, 0.5) is 0 Å². The van der Waals surface area contributed by atoms with Crippen molar-refractivity contribution in [3.63, 3.8) is 0 Å². The molecule has 98 valence electrons. The number of amides is 1. The third-order valence-corrected chi connectivity index (χ3v) is 3.08. The molecule has 1 N–H and O–H groups in total. The van der Waals surface area contributed by atoms with Crippen LogP contribution in [0.3, 0.4) is 0 Å². The zero-order chi connectivity index (χ0) is 12.8. The molecule has 1 aliphatic rings. The molecule has 1 rings (SSSR count). The van der Waals surface area contributed by atoms with Crippen molar-refractivity contribution in [3.8, 4) is 0 Å². The van der Waals surface area contributed by atoms with E-state index in [-0.39, 0.29) is 11.8 Å². The Hall–Kier alpha value is -1.10. The monoisotopic (exact) mass is 243 g/mol. The second-order valence-electron chi connectivity index (χ2n) is 4.46. The predicted molar refractivity (Wildman–Crippen MR) is 62.6 cm³/mol. The van der Waals surface area contributed by atoms with Crippen LogP contribution in [0.1, 0.15) is 26.2 Å². The molecule has 1 amide bonds. The Morgan fingerprint density at radius 3 is 2.53 bits per heavy atom. The molecule has 0 aliphatic heterocycles. The summed E-state index contributed by atoms with van der Waals surface area (Å²) in [4.78, 5) is 24.5. The number of hydrogen-bond donors (Lipinski definition) is 1. The standard InChI is InChI=1S/C12H21NO4/c1-3-4-5-13(6-7-17-2)11(14)9-8-10(9)12(15)16/h9-10H,3-8H2,1-2H3,(H,15,16). The first-order valence-corrected chi connectivity index (χ1v) is 6.12. The quantitative estimate of drug-likeness (QED) is 0.690. The summed E-state index contributed by atoms with van der Waals surface area (Å²) in [5.74, 6) is -1.65. The number of rotatable bonds is 8. The summed E-state index contributed by atoms with van der Waals surface area (Å²) < 4.78 is 4.97. The van der Waals surface area contributed by atoms with Gasteiger partial charge < -0.3 is 14.7 Å². The minimum Gasteiger partial charge on any atom is -0.481 e. The van der Waals surface area contributed by atoms with Gasteiger partial charge in [0.1, 0.15) is 0 Å². The Bertz CT molecular complexity index is 272. The van der Waals surface area contributed by atoms with Gasteiger partial charge in [-0.1, -0.05) is 13.3 Å². The van der Waals surface area contributed by atoms with Crippen molar-refractivity contribution in [1.29, 1.82) is 0 Å². The maximum atomic E-state index is 12.0. The van der Waals surface area contributed by atoms with E-state index in [0.717, 1.165) is 12.8 Å². The maximum absolute atomic E-state index is 12.0. The first-order valence-electron chi connectivity index (χ1n) is 6.12. The van der Waals surface area contributed by atoms with Gasteiger partial charge in [0.05, 0.1) is 18.4 Å². The number of carboxylic acid groups (broad SMARTS) is 1. The second kappa shape index (κ2) is 6.59. The summed E-state index contributed by atoms with van der Waals surface area (Å²) in [7, 11) is 1.60. The Labute approximate surface area is 102 Å². The third-order valence-electron chi connectivity index (χ3n) is 3.08. The van der Waals surface area contributed by atoms with Crippen molar-refractivity contribution in [2.24, 2.45) is 11.8 Å². The van der Waals surface area contributed by atoms with Crippen molar-refractivity contribution in [2.45, 2.75) is 26.2 Å². The van der Waals surface area contributed by atoms with Crippen LogP contribution in [0, 0.1) is 11.8 Å². The van der Waals surface area contributed by atoms with E-state index in [1.54, 1.807) is 12.0 Å². The van der Waals surface area contributed by atoms with Gasteiger partial charge in [-0.05, 0) is 12.8 Å². The smallest absolute Gasteiger partial charge is 0.307 e. The SMILES string of the molecule is CCCCN(CCOC)C(=O)C1CC1C(=O)O. The number of carboxylic acids is 1. The van der Waals surface area contributed by atoms with E-state index in [9.17, 15) is 9.59 Å². The molecule has 0 aromatic heterocycles. The molecule has 0 bridgehead atoms. The predicted octanol–water partition coefficient (Wildman–Crippen LogP) is 0.982. The van der Waals surface area contributed by atoms with E-state index < -0.39 is 11.9 Å². The molecular formula is C12H21NO4. The lowest BCUT2D eigenvalue weighted by Crippen LogP contribution is -2.36. The molecule has 0 spiro atoms. The minimum absolute atomic E-state index is 0.0251. The van der Waals surface area contributed by atoms with Crippen LogP contribution in [0.15, 0.2) is 0 Å². The van der Waals surface area contributed by atoms with Crippen molar-refractivity contribution in [2.75, 3.05) is 26.8 Å². The molecule has 5 heteroatoms. The van der Waals surface area contributed by atoms with Gasteiger partial charge in [0.2, 0.25) is 5.91 Å². The highest BCUT2D eigenvalue weighted by Crippen LogP contribution is 2.40. The van der Waals surface area contributed by atoms with Crippen LogP contribution in [-0.4, -0.2) is 48.7 Å². The van der Waals surface area contributed by atoms with Gasteiger partial charge in [0, 0.05) is 20.2 Å². The molecule has 1 aliphatic carbocycles. The van der Waals surface area contributed by atoms with Crippen LogP contribution < -0.4 is 0 Å². The molecule has 1 saturated carbocycles. The Morgan fingerprint density at radius 2 is 2.06 bits per heavy atom. The van der Waals surface area contributed by atoms with Crippen molar-refractivity contribution < 1.29 is 19.4 Å². The van der Waals surface area contributed by atoms with Crippen LogP contribution in [0.2, 0.25) is 0 Å². The van der Waals surface area contributed by atoms with Gasteiger partial charge in [-0.3, -0.25) is 9.59 Å². The highest BCUT2D eigenvalue weighted by atomic mass is 16.5. The van der Waals surface area contributed by atoms with E-state index in [2.05, 4.69) is 6.92 Å². The number of unbranched alkanes of at least 4 members (excludes halogenated alkanes) is 1. The molecule has 0 saturated heterocycles. The van der Waals surface area contributed by atoms with Crippen LogP contribution in [0.5, 0.6) is 0 Å². The van der Waals surface area contributed by atoms with E-state index in [1.807, 2.05) is 0 Å². The molecule has 2 unspecified atom stereocenters. The number of aliphatic carboxylic acids is 1. The summed E-state index contributed by atoms with van der Waals surface area (Å²) in [6.45, 7) is 3.82. The molecule has 2 atom stereocenters. The Kier molecular flexibility index (Phi) is 5.41. The lowest BCUT2D eigenvalue weighted by molar-refractivity contribution is -0.142. The van der Waals surface area contributed by atoms with Gasteiger partial charge in [-0.25, -0.2) is 0 Å². The van der Waals surface area contributed by atoms with E-state index in [4.69, 9.17) is 9.84 Å². The van der Waals surface area contributed by atoms with Crippen LogP contribution in [-0.2, 0) is 14.3 Å². The molecular weight excluding hydrogens is 222 g/mol. The topological polar surface area (TPSA) is 66.8 Å². The summed E-state index contributed by atoms with van der Waals surface area (Å²) >= 11 is 0. The second-order valence-corrected chi connectivity index (χ2v) is 4.46. The molecule has 1 fully saturated rings. The summed E-state index contributed by atoms with van der Waals surface area (Å²) in [5, 5.41) is 8.81. The van der Waals surface area contributed by atoms with E-state index in [1.165, 1.54) is 0 Å². The van der Waals surface area contributed by atoms with Gasteiger partial charge in [0.15, 0.2) is 0 Å². The van der Waals surface area contributed by atoms with E-state index >= 15 is 0 Å². The zero-order valence-electron chi connectivity index (χ0n) is 10.5. The van der Waals surface area contributed by atoms with Crippen LogP contribution in [0.25, 0.3) is 0 Å². The highest BCUT2D eigenvalue weighted by Gasteiger charge is 2.49. The Balaban J connectivity index is 2.45. The van der Waals surface area contributed by atoms with Crippen molar-refractivity contribution >= 4 is 11.9 Å². The molecule has 0 aromatic rings. The van der Waals surface area contributed by atoms with Crippen LogP contribution >= 0.6 is 0 Å². The molecule has 0 aromatic carbocycles. The number of methoxy groups -OCH3 is 1. The molecule has 17 heavy (non-hydrogen) atoms. The van der Waals surface area contributed by atoms with Gasteiger partial charge in [-0.2, -0.15) is 0 Å². The Morgan fingerprint density at radius 1 is 1.35 bits per heavy atom. The highest BCUT2D eigenvalue weighted by molar-refractivity contribution is 5.89. The normalized spacial score (nSPS) is 22.2. The fourth-order valence-corrected chi connectivity index (χ4v) is 1.86. The number of hydrogen-bond acceptors (Lipinski definition) is 3. The van der Waals surface area contributed by atoms with Gasteiger partial charge in [-0.15, -0.1) is 0 Å². The lowest BCUT2D eigenvalue weighted by Gasteiger charge is -2.22. The summed E-state index contributed by atoms with van der Waals surface area (Å²) in [5.41, 5.74) is 0. The summed E-state index contributed by atoms with van der Waals surface area (Å²) in [6.07, 6.45) is 2.45. The number of carbonyl (C=O) groups excluding carboxylic acids is 1. The minimum atomic E-state index is -0.856. The average Bonchev–Trinajstić information content (AvgIpc) is 3.08. The fraction of sp³-hybridized carbons (Fsp3) is 0.833.